The minimum Gasteiger partial charge on any atom is -0.309 e. The zero-order chi connectivity index (χ0) is 10.7. The number of rotatable bonds is 3. The van der Waals surface area contributed by atoms with Crippen LogP contribution >= 0.6 is 22.9 Å². The van der Waals surface area contributed by atoms with E-state index in [1.54, 1.807) is 11.3 Å². The van der Waals surface area contributed by atoms with E-state index in [0.717, 1.165) is 11.6 Å². The van der Waals surface area contributed by atoms with Gasteiger partial charge in [-0.2, -0.15) is 0 Å². The van der Waals surface area contributed by atoms with Crippen molar-refractivity contribution in [2.75, 3.05) is 20.1 Å². The molecule has 1 saturated heterocycles. The number of nitrogens with one attached hydrogen (secondary N) is 1. The largest absolute Gasteiger partial charge is 0.309 e. The molecule has 1 aliphatic rings. The first-order valence-corrected chi connectivity index (χ1v) is 6.64. The summed E-state index contributed by atoms with van der Waals surface area (Å²) >= 11 is 7.61. The van der Waals surface area contributed by atoms with Gasteiger partial charge in [0.25, 0.3) is 0 Å². The fraction of sp³-hybridized carbons (Fsp3) is 0.636. The predicted molar refractivity (Wildman–Crippen MR) is 66.7 cm³/mol. The summed E-state index contributed by atoms with van der Waals surface area (Å²) in [6, 6.07) is 2.73. The van der Waals surface area contributed by atoms with Gasteiger partial charge in [-0.1, -0.05) is 11.6 Å². The van der Waals surface area contributed by atoms with Crippen LogP contribution in [-0.2, 0) is 6.54 Å². The van der Waals surface area contributed by atoms with Gasteiger partial charge < -0.3 is 10.2 Å². The van der Waals surface area contributed by atoms with E-state index in [1.807, 2.05) is 11.4 Å². The van der Waals surface area contributed by atoms with Crippen LogP contribution in [0, 0.1) is 0 Å². The molecule has 2 rings (SSSR count). The second-order valence-corrected chi connectivity index (χ2v) is 5.62. The van der Waals surface area contributed by atoms with Gasteiger partial charge in [0.15, 0.2) is 0 Å². The van der Waals surface area contributed by atoms with E-state index in [1.165, 1.54) is 30.8 Å². The Morgan fingerprint density at radius 3 is 2.87 bits per heavy atom. The summed E-state index contributed by atoms with van der Waals surface area (Å²) in [5.74, 6) is 0. The van der Waals surface area contributed by atoms with E-state index in [2.05, 4.69) is 17.3 Å². The van der Waals surface area contributed by atoms with E-state index in [0.29, 0.717) is 6.04 Å². The first-order chi connectivity index (χ1) is 7.24. The monoisotopic (exact) mass is 244 g/mol. The third-order valence-electron chi connectivity index (χ3n) is 2.91. The minimum absolute atomic E-state index is 0.682. The molecule has 15 heavy (non-hydrogen) atoms. The van der Waals surface area contributed by atoms with Crippen molar-refractivity contribution in [1.82, 2.24) is 10.2 Å². The van der Waals surface area contributed by atoms with Gasteiger partial charge in [0.1, 0.15) is 0 Å². The summed E-state index contributed by atoms with van der Waals surface area (Å²) in [5, 5.41) is 6.45. The predicted octanol–water partition coefficient (Wildman–Crippen LogP) is 2.59. The van der Waals surface area contributed by atoms with E-state index in [-0.39, 0.29) is 0 Å². The van der Waals surface area contributed by atoms with Crippen LogP contribution in [0.25, 0.3) is 0 Å². The standard InChI is InChI=1S/C11H17ClN2S/c1-14-4-2-10(3-5-14)13-7-11-6-9(12)8-15-11/h6,8,10,13H,2-5,7H2,1H3. The molecule has 0 saturated carbocycles. The molecule has 1 N–H and O–H groups in total. The molecule has 0 bridgehead atoms. The van der Waals surface area contributed by atoms with Crippen molar-refractivity contribution < 1.29 is 0 Å². The molecule has 0 aromatic carbocycles. The Hall–Kier alpha value is -0.0900. The van der Waals surface area contributed by atoms with Crippen LogP contribution in [0.1, 0.15) is 17.7 Å². The zero-order valence-electron chi connectivity index (χ0n) is 9.00. The maximum Gasteiger partial charge on any atom is 0.0516 e. The number of hydrogen-bond acceptors (Lipinski definition) is 3. The summed E-state index contributed by atoms with van der Waals surface area (Å²) in [7, 11) is 2.19. The van der Waals surface area contributed by atoms with Crippen molar-refractivity contribution in [3.05, 3.63) is 21.3 Å². The number of halogens is 1. The van der Waals surface area contributed by atoms with Gasteiger partial charge in [0, 0.05) is 22.8 Å². The van der Waals surface area contributed by atoms with Gasteiger partial charge in [0.05, 0.1) is 5.02 Å². The average Bonchev–Trinajstić information content (AvgIpc) is 2.64. The minimum atomic E-state index is 0.682. The van der Waals surface area contributed by atoms with Crippen LogP contribution in [0.5, 0.6) is 0 Å². The van der Waals surface area contributed by atoms with Crippen molar-refractivity contribution in [3.63, 3.8) is 0 Å². The fourth-order valence-corrected chi connectivity index (χ4v) is 2.93. The van der Waals surface area contributed by atoms with E-state index in [9.17, 15) is 0 Å². The Bertz CT molecular complexity index is 305. The van der Waals surface area contributed by atoms with Crippen LogP contribution < -0.4 is 5.32 Å². The van der Waals surface area contributed by atoms with Gasteiger partial charge in [0.2, 0.25) is 0 Å². The van der Waals surface area contributed by atoms with Crippen molar-refractivity contribution in [3.8, 4) is 0 Å². The lowest BCUT2D eigenvalue weighted by Gasteiger charge is -2.29. The molecule has 84 valence electrons. The molecular formula is C11H17ClN2S. The maximum absolute atomic E-state index is 5.88. The molecular weight excluding hydrogens is 228 g/mol. The molecule has 0 atom stereocenters. The number of thiophene rings is 1. The second kappa shape index (κ2) is 5.30. The van der Waals surface area contributed by atoms with Crippen LogP contribution in [0.15, 0.2) is 11.4 Å². The molecule has 0 amide bonds. The van der Waals surface area contributed by atoms with Gasteiger partial charge in [-0.3, -0.25) is 0 Å². The van der Waals surface area contributed by atoms with Crippen molar-refractivity contribution in [2.45, 2.75) is 25.4 Å². The van der Waals surface area contributed by atoms with E-state index < -0.39 is 0 Å². The highest BCUT2D eigenvalue weighted by atomic mass is 35.5. The van der Waals surface area contributed by atoms with E-state index in [4.69, 9.17) is 11.6 Å². The number of piperidine rings is 1. The molecule has 1 fully saturated rings. The van der Waals surface area contributed by atoms with Crippen LogP contribution in [0.3, 0.4) is 0 Å². The van der Waals surface area contributed by atoms with Gasteiger partial charge in [-0.05, 0) is 39.0 Å². The Morgan fingerprint density at radius 2 is 2.27 bits per heavy atom. The highest BCUT2D eigenvalue weighted by molar-refractivity contribution is 7.10. The summed E-state index contributed by atoms with van der Waals surface area (Å²) < 4.78 is 0. The molecule has 0 aliphatic carbocycles. The van der Waals surface area contributed by atoms with Crippen molar-refractivity contribution >= 4 is 22.9 Å². The number of likely N-dealkylation sites (tertiary alicyclic amines) is 1. The fourth-order valence-electron chi connectivity index (χ4n) is 1.90. The maximum atomic E-state index is 5.88. The molecule has 0 radical (unpaired) electrons. The third-order valence-corrected chi connectivity index (χ3v) is 4.19. The topological polar surface area (TPSA) is 15.3 Å². The second-order valence-electron chi connectivity index (χ2n) is 4.19. The highest BCUT2D eigenvalue weighted by Gasteiger charge is 2.15. The molecule has 4 heteroatoms. The molecule has 0 spiro atoms. The van der Waals surface area contributed by atoms with Crippen molar-refractivity contribution in [2.24, 2.45) is 0 Å². The van der Waals surface area contributed by atoms with Crippen LogP contribution in [0.2, 0.25) is 5.02 Å². The van der Waals surface area contributed by atoms with Crippen LogP contribution in [0.4, 0.5) is 0 Å². The lowest BCUT2D eigenvalue weighted by molar-refractivity contribution is 0.234. The summed E-state index contributed by atoms with van der Waals surface area (Å²) in [6.45, 7) is 3.39. The Kier molecular flexibility index (Phi) is 4.03. The normalized spacial score (nSPS) is 19.6. The molecule has 2 heterocycles. The first-order valence-electron chi connectivity index (χ1n) is 5.39. The van der Waals surface area contributed by atoms with Gasteiger partial charge in [-0.25, -0.2) is 0 Å². The summed E-state index contributed by atoms with van der Waals surface area (Å²) in [6.07, 6.45) is 2.52. The van der Waals surface area contributed by atoms with Crippen LogP contribution in [-0.4, -0.2) is 31.1 Å². The van der Waals surface area contributed by atoms with Gasteiger partial charge in [-0.15, -0.1) is 11.3 Å². The first kappa shape index (κ1) is 11.4. The number of hydrogen-bond donors (Lipinski definition) is 1. The lowest BCUT2D eigenvalue weighted by Crippen LogP contribution is -2.40. The molecule has 0 unspecified atom stereocenters. The smallest absolute Gasteiger partial charge is 0.0516 e. The molecule has 1 aliphatic heterocycles. The Labute approximate surface area is 100 Å². The molecule has 1 aromatic rings. The average molecular weight is 245 g/mol. The lowest BCUT2D eigenvalue weighted by atomic mass is 10.1. The van der Waals surface area contributed by atoms with Gasteiger partial charge >= 0.3 is 0 Å². The third kappa shape index (κ3) is 3.45. The van der Waals surface area contributed by atoms with Crippen molar-refractivity contribution in [1.29, 1.82) is 0 Å². The quantitative estimate of drug-likeness (QED) is 0.879. The summed E-state index contributed by atoms with van der Waals surface area (Å²) in [4.78, 5) is 3.72. The summed E-state index contributed by atoms with van der Waals surface area (Å²) in [5.41, 5.74) is 0. The molecule has 1 aromatic heterocycles. The SMILES string of the molecule is CN1CCC(NCc2cc(Cl)cs2)CC1. The zero-order valence-corrected chi connectivity index (χ0v) is 10.6. The highest BCUT2D eigenvalue weighted by Crippen LogP contribution is 2.19. The molecule has 2 nitrogen and oxygen atoms in total. The Morgan fingerprint density at radius 1 is 1.53 bits per heavy atom. The van der Waals surface area contributed by atoms with E-state index >= 15 is 0 Å². The number of nitrogens with zero attached hydrogens (tertiary/aromatic N) is 1. The Balaban J connectivity index is 1.74.